The molecular weight excluding hydrogens is 154 g/mol. The van der Waals surface area contributed by atoms with Crippen LogP contribution in [0.3, 0.4) is 0 Å². The number of carbonyl (C=O) groups excluding carboxylic acids is 1. The van der Waals surface area contributed by atoms with E-state index >= 15 is 0 Å². The molecule has 0 aliphatic heterocycles. The van der Waals surface area contributed by atoms with E-state index in [1.807, 2.05) is 0 Å². The van der Waals surface area contributed by atoms with Crippen LogP contribution >= 0.6 is 0 Å². The van der Waals surface area contributed by atoms with Crippen molar-refractivity contribution in [3.63, 3.8) is 0 Å². The monoisotopic (exact) mass is 163 g/mol. The molecule has 0 saturated carbocycles. The number of nitrogens with one attached hydrogen (secondary N) is 1. The van der Waals surface area contributed by atoms with Crippen molar-refractivity contribution in [1.82, 2.24) is 5.32 Å². The lowest BCUT2D eigenvalue weighted by Crippen LogP contribution is -2.28. The van der Waals surface area contributed by atoms with Crippen LogP contribution in [0.2, 0.25) is 0 Å². The minimum absolute atomic E-state index is 0.173. The second-order valence-electron chi connectivity index (χ2n) is 1.73. The van der Waals surface area contributed by atoms with Crippen molar-refractivity contribution in [2.75, 3.05) is 12.8 Å². The molecule has 0 aromatic carbocycles. The fraction of sp³-hybridized carbons (Fsp3) is 0.400. The SMILES string of the molecule is C=CCNC(=O)S(C)(=O)=O. The number of hydrogen-bond acceptors (Lipinski definition) is 3. The molecule has 0 aliphatic carbocycles. The molecule has 0 heterocycles. The van der Waals surface area contributed by atoms with Crippen LogP contribution in [0.4, 0.5) is 4.79 Å². The van der Waals surface area contributed by atoms with Crippen LogP contribution in [0.25, 0.3) is 0 Å². The van der Waals surface area contributed by atoms with Gasteiger partial charge in [0.05, 0.1) is 0 Å². The van der Waals surface area contributed by atoms with Crippen LogP contribution in [0.1, 0.15) is 0 Å². The van der Waals surface area contributed by atoms with E-state index in [1.165, 1.54) is 6.08 Å². The van der Waals surface area contributed by atoms with E-state index in [0.29, 0.717) is 0 Å². The first-order valence-corrected chi connectivity index (χ1v) is 4.46. The fourth-order valence-electron chi connectivity index (χ4n) is 0.287. The minimum Gasteiger partial charge on any atom is -0.339 e. The third-order valence-electron chi connectivity index (χ3n) is 0.728. The second kappa shape index (κ2) is 3.36. The number of sulfone groups is 1. The highest BCUT2D eigenvalue weighted by atomic mass is 32.2. The zero-order valence-corrected chi connectivity index (χ0v) is 6.44. The van der Waals surface area contributed by atoms with Gasteiger partial charge < -0.3 is 5.32 Å². The Morgan fingerprint density at radius 1 is 1.70 bits per heavy atom. The standard InChI is InChI=1S/C5H9NO3S/c1-3-4-6-5(7)10(2,8)9/h3H,1,4H2,2H3,(H,6,7). The smallest absolute Gasteiger partial charge is 0.336 e. The Morgan fingerprint density at radius 3 is 2.50 bits per heavy atom. The molecule has 0 bridgehead atoms. The molecule has 0 radical (unpaired) electrons. The van der Waals surface area contributed by atoms with E-state index in [4.69, 9.17) is 0 Å². The molecule has 4 nitrogen and oxygen atoms in total. The first-order valence-electron chi connectivity index (χ1n) is 2.57. The summed E-state index contributed by atoms with van der Waals surface area (Å²) in [5.41, 5.74) is 0. The van der Waals surface area contributed by atoms with E-state index < -0.39 is 15.1 Å². The molecule has 0 aromatic heterocycles. The molecule has 1 N–H and O–H groups in total. The maximum atomic E-state index is 10.5. The zero-order valence-electron chi connectivity index (χ0n) is 5.62. The normalized spacial score (nSPS) is 10.5. The van der Waals surface area contributed by atoms with Gasteiger partial charge in [-0.05, 0) is 0 Å². The van der Waals surface area contributed by atoms with Gasteiger partial charge in [-0.25, -0.2) is 8.42 Å². The summed E-state index contributed by atoms with van der Waals surface area (Å²) in [5, 5.41) is 1.16. The third kappa shape index (κ3) is 3.24. The Kier molecular flexibility index (Phi) is 3.08. The van der Waals surface area contributed by atoms with Gasteiger partial charge in [0.2, 0.25) is 9.84 Å². The molecule has 0 atom stereocenters. The molecule has 0 rings (SSSR count). The highest BCUT2D eigenvalue weighted by Gasteiger charge is 2.12. The van der Waals surface area contributed by atoms with Crippen molar-refractivity contribution in [3.8, 4) is 0 Å². The Hall–Kier alpha value is -0.840. The Morgan fingerprint density at radius 2 is 2.20 bits per heavy atom. The lowest BCUT2D eigenvalue weighted by atomic mass is 10.6. The number of carbonyl (C=O) groups is 1. The molecule has 0 spiro atoms. The Balaban J connectivity index is 4.00. The summed E-state index contributed by atoms with van der Waals surface area (Å²) >= 11 is 0. The maximum Gasteiger partial charge on any atom is 0.336 e. The lowest BCUT2D eigenvalue weighted by Gasteiger charge is -1.96. The predicted molar refractivity (Wildman–Crippen MR) is 38.4 cm³/mol. The van der Waals surface area contributed by atoms with Crippen molar-refractivity contribution >= 4 is 15.1 Å². The largest absolute Gasteiger partial charge is 0.339 e. The zero-order chi connectivity index (χ0) is 8.20. The predicted octanol–water partition coefficient (Wildman–Crippen LogP) is -0.0734. The first-order chi connectivity index (χ1) is 4.48. The minimum atomic E-state index is -3.57. The number of hydrogen-bond donors (Lipinski definition) is 1. The number of amides is 1. The molecule has 0 saturated heterocycles. The highest BCUT2D eigenvalue weighted by Crippen LogP contribution is 1.83. The van der Waals surface area contributed by atoms with Gasteiger partial charge in [0.15, 0.2) is 0 Å². The molecule has 0 aromatic rings. The average molecular weight is 163 g/mol. The van der Waals surface area contributed by atoms with Gasteiger partial charge in [-0.3, -0.25) is 4.79 Å². The van der Waals surface area contributed by atoms with Crippen molar-refractivity contribution in [1.29, 1.82) is 0 Å². The lowest BCUT2D eigenvalue weighted by molar-refractivity contribution is 0.259. The van der Waals surface area contributed by atoms with E-state index in [0.717, 1.165) is 6.26 Å². The molecule has 10 heavy (non-hydrogen) atoms. The van der Waals surface area contributed by atoms with E-state index in [1.54, 1.807) is 0 Å². The van der Waals surface area contributed by atoms with Crippen LogP contribution in [0.15, 0.2) is 12.7 Å². The van der Waals surface area contributed by atoms with Gasteiger partial charge >= 0.3 is 5.24 Å². The van der Waals surface area contributed by atoms with Crippen LogP contribution in [-0.4, -0.2) is 26.5 Å². The summed E-state index contributed by atoms with van der Waals surface area (Å²) in [4.78, 5) is 10.5. The average Bonchev–Trinajstić information content (AvgIpc) is 1.80. The highest BCUT2D eigenvalue weighted by molar-refractivity contribution is 8.05. The summed E-state index contributed by atoms with van der Waals surface area (Å²) < 4.78 is 20.8. The van der Waals surface area contributed by atoms with Crippen LogP contribution in [0, 0.1) is 0 Å². The van der Waals surface area contributed by atoms with Gasteiger partial charge in [0.25, 0.3) is 0 Å². The maximum absolute atomic E-state index is 10.5. The van der Waals surface area contributed by atoms with Gasteiger partial charge in [-0.15, -0.1) is 6.58 Å². The molecule has 1 amide bonds. The van der Waals surface area contributed by atoms with Gasteiger partial charge in [0, 0.05) is 12.8 Å². The quantitative estimate of drug-likeness (QED) is 0.579. The van der Waals surface area contributed by atoms with E-state index in [2.05, 4.69) is 11.9 Å². The first kappa shape index (κ1) is 9.16. The Bertz CT molecular complexity index is 229. The summed E-state index contributed by atoms with van der Waals surface area (Å²) in [5.74, 6) is 0. The van der Waals surface area contributed by atoms with Crippen LogP contribution in [-0.2, 0) is 9.84 Å². The van der Waals surface area contributed by atoms with E-state index in [-0.39, 0.29) is 6.54 Å². The summed E-state index contributed by atoms with van der Waals surface area (Å²) in [6.07, 6.45) is 2.26. The van der Waals surface area contributed by atoms with Crippen molar-refractivity contribution in [2.45, 2.75) is 0 Å². The molecule has 58 valence electrons. The van der Waals surface area contributed by atoms with Crippen LogP contribution < -0.4 is 5.32 Å². The van der Waals surface area contributed by atoms with Crippen molar-refractivity contribution in [2.24, 2.45) is 0 Å². The fourth-order valence-corrected chi connectivity index (χ4v) is 0.632. The summed E-state index contributed by atoms with van der Waals surface area (Å²) in [7, 11) is -3.57. The molecule has 0 fully saturated rings. The topological polar surface area (TPSA) is 63.2 Å². The molecule has 5 heteroatoms. The van der Waals surface area contributed by atoms with Crippen molar-refractivity contribution < 1.29 is 13.2 Å². The Labute approximate surface area is 59.8 Å². The number of rotatable bonds is 2. The third-order valence-corrected chi connectivity index (χ3v) is 1.55. The van der Waals surface area contributed by atoms with Gasteiger partial charge in [-0.1, -0.05) is 6.08 Å². The van der Waals surface area contributed by atoms with Gasteiger partial charge in [0.1, 0.15) is 0 Å². The molecular formula is C5H9NO3S. The van der Waals surface area contributed by atoms with E-state index in [9.17, 15) is 13.2 Å². The van der Waals surface area contributed by atoms with Gasteiger partial charge in [-0.2, -0.15) is 0 Å². The molecule has 0 unspecified atom stereocenters. The van der Waals surface area contributed by atoms with Crippen molar-refractivity contribution in [3.05, 3.63) is 12.7 Å². The molecule has 0 aliphatic rings. The second-order valence-corrected chi connectivity index (χ2v) is 3.64. The summed E-state index contributed by atoms with van der Waals surface area (Å²) in [6, 6.07) is 0. The summed E-state index contributed by atoms with van der Waals surface area (Å²) in [6.45, 7) is 3.48. The van der Waals surface area contributed by atoms with Crippen LogP contribution in [0.5, 0.6) is 0 Å².